The van der Waals surface area contributed by atoms with Crippen LogP contribution in [0.15, 0.2) is 5.38 Å². The SMILES string of the molecule is CCN(CC)C(=O)CCNCc1nc(C)cs1. The molecule has 0 saturated heterocycles. The fourth-order valence-corrected chi connectivity index (χ4v) is 2.35. The Labute approximate surface area is 107 Å². The van der Waals surface area contributed by atoms with E-state index in [0.717, 1.165) is 30.3 Å². The largest absolute Gasteiger partial charge is 0.343 e. The average molecular weight is 255 g/mol. The van der Waals surface area contributed by atoms with Crippen molar-refractivity contribution in [2.75, 3.05) is 19.6 Å². The van der Waals surface area contributed by atoms with Gasteiger partial charge in [-0.2, -0.15) is 0 Å². The molecular formula is C12H21N3OS. The van der Waals surface area contributed by atoms with E-state index < -0.39 is 0 Å². The first kappa shape index (κ1) is 14.1. The number of aryl methyl sites for hydroxylation is 1. The maximum absolute atomic E-state index is 11.7. The van der Waals surface area contributed by atoms with Crippen LogP contribution in [0, 0.1) is 6.92 Å². The van der Waals surface area contributed by atoms with Crippen LogP contribution in [0.3, 0.4) is 0 Å². The second-order valence-corrected chi connectivity index (χ2v) is 4.82. The molecule has 1 N–H and O–H groups in total. The minimum atomic E-state index is 0.220. The molecule has 0 spiro atoms. The number of carbonyl (C=O) groups is 1. The van der Waals surface area contributed by atoms with E-state index >= 15 is 0 Å². The van der Waals surface area contributed by atoms with Crippen molar-refractivity contribution >= 4 is 17.2 Å². The number of hydrogen-bond donors (Lipinski definition) is 1. The summed E-state index contributed by atoms with van der Waals surface area (Å²) in [5.74, 6) is 0.220. The molecule has 0 aromatic carbocycles. The molecule has 0 saturated carbocycles. The topological polar surface area (TPSA) is 45.2 Å². The number of hydrogen-bond acceptors (Lipinski definition) is 4. The highest BCUT2D eigenvalue weighted by Gasteiger charge is 2.08. The van der Waals surface area contributed by atoms with Crippen LogP contribution in [0.1, 0.15) is 31.0 Å². The van der Waals surface area contributed by atoms with Gasteiger partial charge in [0.15, 0.2) is 0 Å². The fourth-order valence-electron chi connectivity index (χ4n) is 1.61. The molecule has 0 fully saturated rings. The van der Waals surface area contributed by atoms with Crippen molar-refractivity contribution in [1.82, 2.24) is 15.2 Å². The smallest absolute Gasteiger partial charge is 0.223 e. The Bertz CT molecular complexity index is 347. The van der Waals surface area contributed by atoms with Crippen molar-refractivity contribution in [3.8, 4) is 0 Å². The van der Waals surface area contributed by atoms with Crippen LogP contribution in [0.4, 0.5) is 0 Å². The van der Waals surface area contributed by atoms with Crippen molar-refractivity contribution in [3.05, 3.63) is 16.1 Å². The molecule has 0 aliphatic heterocycles. The lowest BCUT2D eigenvalue weighted by Gasteiger charge is -2.18. The molecule has 96 valence electrons. The van der Waals surface area contributed by atoms with Crippen molar-refractivity contribution in [2.24, 2.45) is 0 Å². The Morgan fingerprint density at radius 1 is 1.47 bits per heavy atom. The normalized spacial score (nSPS) is 10.5. The third-order valence-corrected chi connectivity index (χ3v) is 3.54. The molecule has 0 bridgehead atoms. The van der Waals surface area contributed by atoms with Gasteiger partial charge in [-0.3, -0.25) is 4.79 Å². The Kier molecular flexibility index (Phi) is 6.15. The van der Waals surface area contributed by atoms with Gasteiger partial charge in [-0.15, -0.1) is 11.3 Å². The van der Waals surface area contributed by atoms with E-state index in [9.17, 15) is 4.79 Å². The zero-order valence-corrected chi connectivity index (χ0v) is 11.6. The van der Waals surface area contributed by atoms with Gasteiger partial charge in [-0.1, -0.05) is 0 Å². The maximum Gasteiger partial charge on any atom is 0.223 e. The first-order valence-electron chi connectivity index (χ1n) is 6.06. The second kappa shape index (κ2) is 7.40. The molecule has 1 amide bonds. The number of nitrogens with zero attached hydrogens (tertiary/aromatic N) is 2. The van der Waals surface area contributed by atoms with E-state index in [1.807, 2.05) is 31.1 Å². The number of nitrogens with one attached hydrogen (secondary N) is 1. The molecular weight excluding hydrogens is 234 g/mol. The molecule has 0 radical (unpaired) electrons. The van der Waals surface area contributed by atoms with Crippen LogP contribution in [-0.4, -0.2) is 35.4 Å². The van der Waals surface area contributed by atoms with Gasteiger partial charge >= 0.3 is 0 Å². The molecule has 4 nitrogen and oxygen atoms in total. The number of aromatic nitrogens is 1. The Balaban J connectivity index is 2.17. The first-order valence-corrected chi connectivity index (χ1v) is 6.94. The van der Waals surface area contributed by atoms with Gasteiger partial charge in [0.1, 0.15) is 5.01 Å². The zero-order valence-electron chi connectivity index (χ0n) is 10.8. The highest BCUT2D eigenvalue weighted by atomic mass is 32.1. The second-order valence-electron chi connectivity index (χ2n) is 3.88. The lowest BCUT2D eigenvalue weighted by atomic mass is 10.3. The predicted octanol–water partition coefficient (Wildman–Crippen LogP) is 1.80. The van der Waals surface area contributed by atoms with E-state index in [0.29, 0.717) is 13.0 Å². The van der Waals surface area contributed by atoms with Gasteiger partial charge < -0.3 is 10.2 Å². The summed E-state index contributed by atoms with van der Waals surface area (Å²) in [5, 5.41) is 6.37. The van der Waals surface area contributed by atoms with Crippen LogP contribution < -0.4 is 5.32 Å². The minimum Gasteiger partial charge on any atom is -0.343 e. The highest BCUT2D eigenvalue weighted by Crippen LogP contribution is 2.07. The van der Waals surface area contributed by atoms with Crippen LogP contribution in [0.5, 0.6) is 0 Å². The van der Waals surface area contributed by atoms with Crippen LogP contribution in [0.2, 0.25) is 0 Å². The van der Waals surface area contributed by atoms with Crippen molar-refractivity contribution < 1.29 is 4.79 Å². The minimum absolute atomic E-state index is 0.220. The molecule has 1 heterocycles. The molecule has 0 aliphatic rings. The average Bonchev–Trinajstić information content (AvgIpc) is 2.72. The van der Waals surface area contributed by atoms with Crippen LogP contribution in [0.25, 0.3) is 0 Å². The van der Waals surface area contributed by atoms with Crippen LogP contribution in [-0.2, 0) is 11.3 Å². The van der Waals surface area contributed by atoms with Gasteiger partial charge in [-0.25, -0.2) is 4.98 Å². The molecule has 0 atom stereocenters. The Morgan fingerprint density at radius 3 is 2.71 bits per heavy atom. The fraction of sp³-hybridized carbons (Fsp3) is 0.667. The summed E-state index contributed by atoms with van der Waals surface area (Å²) in [5.41, 5.74) is 1.06. The quantitative estimate of drug-likeness (QED) is 0.756. The summed E-state index contributed by atoms with van der Waals surface area (Å²) in [6.07, 6.45) is 0.562. The third-order valence-electron chi connectivity index (χ3n) is 2.57. The predicted molar refractivity (Wildman–Crippen MR) is 71.1 cm³/mol. The van der Waals surface area contributed by atoms with Gasteiger partial charge in [0.25, 0.3) is 0 Å². The molecule has 0 aliphatic carbocycles. The first-order chi connectivity index (χ1) is 8.17. The van der Waals surface area contributed by atoms with Gasteiger partial charge in [-0.05, 0) is 20.8 Å². The van der Waals surface area contributed by atoms with E-state index in [1.54, 1.807) is 11.3 Å². The number of amides is 1. The summed E-state index contributed by atoms with van der Waals surface area (Å²) in [6.45, 7) is 9.06. The molecule has 1 rings (SSSR count). The van der Waals surface area contributed by atoms with Crippen molar-refractivity contribution in [3.63, 3.8) is 0 Å². The lowest BCUT2D eigenvalue weighted by Crippen LogP contribution is -2.32. The van der Waals surface area contributed by atoms with E-state index in [1.165, 1.54) is 0 Å². The summed E-state index contributed by atoms with van der Waals surface area (Å²) >= 11 is 1.65. The third kappa shape index (κ3) is 4.83. The molecule has 1 aromatic heterocycles. The Hall–Kier alpha value is -0.940. The van der Waals surface area contributed by atoms with Gasteiger partial charge in [0, 0.05) is 43.7 Å². The van der Waals surface area contributed by atoms with E-state index in [-0.39, 0.29) is 5.91 Å². The zero-order chi connectivity index (χ0) is 12.7. The van der Waals surface area contributed by atoms with E-state index in [4.69, 9.17) is 0 Å². The molecule has 0 unspecified atom stereocenters. The highest BCUT2D eigenvalue weighted by molar-refractivity contribution is 7.09. The molecule has 5 heteroatoms. The number of thiazole rings is 1. The van der Waals surface area contributed by atoms with E-state index in [2.05, 4.69) is 10.3 Å². The number of carbonyl (C=O) groups excluding carboxylic acids is 1. The van der Waals surface area contributed by atoms with Gasteiger partial charge in [0.2, 0.25) is 5.91 Å². The monoisotopic (exact) mass is 255 g/mol. The molecule has 17 heavy (non-hydrogen) atoms. The van der Waals surface area contributed by atoms with Crippen LogP contribution >= 0.6 is 11.3 Å². The maximum atomic E-state index is 11.7. The Morgan fingerprint density at radius 2 is 2.18 bits per heavy atom. The summed E-state index contributed by atoms with van der Waals surface area (Å²) in [6, 6.07) is 0. The summed E-state index contributed by atoms with van der Waals surface area (Å²) in [7, 11) is 0. The van der Waals surface area contributed by atoms with Crippen molar-refractivity contribution in [1.29, 1.82) is 0 Å². The summed E-state index contributed by atoms with van der Waals surface area (Å²) < 4.78 is 0. The number of rotatable bonds is 7. The summed E-state index contributed by atoms with van der Waals surface area (Å²) in [4.78, 5) is 17.9. The van der Waals surface area contributed by atoms with Gasteiger partial charge in [0.05, 0.1) is 0 Å². The standard InChI is InChI=1S/C12H21N3OS/c1-4-15(5-2)12(16)6-7-13-8-11-14-10(3)9-17-11/h9,13H,4-8H2,1-3H3. The molecule has 1 aromatic rings. The van der Waals surface area contributed by atoms with Crippen molar-refractivity contribution in [2.45, 2.75) is 33.7 Å². The lowest BCUT2D eigenvalue weighted by molar-refractivity contribution is -0.130.